The number of aryl methyl sites for hydroxylation is 1. The number of aromatic nitrogens is 4. The topological polar surface area (TPSA) is 115 Å². The minimum atomic E-state index is -0.475. The van der Waals surface area contributed by atoms with Gasteiger partial charge >= 0.3 is 5.76 Å². The van der Waals surface area contributed by atoms with Crippen molar-refractivity contribution in [2.75, 3.05) is 41.7 Å². The first-order valence-electron chi connectivity index (χ1n) is 12.5. The van der Waals surface area contributed by atoms with Crippen LogP contribution in [0.4, 0.5) is 29.0 Å². The van der Waals surface area contributed by atoms with E-state index < -0.39 is 5.76 Å². The number of aromatic amines is 1. The fourth-order valence-electron chi connectivity index (χ4n) is 4.68. The highest BCUT2D eigenvalue weighted by Gasteiger charge is 2.30. The van der Waals surface area contributed by atoms with Gasteiger partial charge in [0.2, 0.25) is 5.95 Å². The van der Waals surface area contributed by atoms with E-state index in [-0.39, 0.29) is 0 Å². The monoisotopic (exact) mass is 486 g/mol. The third-order valence-corrected chi connectivity index (χ3v) is 6.94. The summed E-state index contributed by atoms with van der Waals surface area (Å²) < 4.78 is 5.07. The molecule has 0 radical (unpaired) electrons. The molecule has 1 saturated carbocycles. The van der Waals surface area contributed by atoms with Crippen LogP contribution in [-0.4, -0.2) is 57.1 Å². The lowest BCUT2D eigenvalue weighted by atomic mass is 10.1. The van der Waals surface area contributed by atoms with Crippen molar-refractivity contribution in [1.29, 1.82) is 0 Å². The van der Waals surface area contributed by atoms with E-state index in [1.807, 2.05) is 31.3 Å². The normalized spacial score (nSPS) is 18.5. The number of benzene rings is 1. The zero-order valence-corrected chi connectivity index (χ0v) is 20.5. The molecule has 10 nitrogen and oxygen atoms in total. The fourth-order valence-corrected chi connectivity index (χ4v) is 4.68. The highest BCUT2D eigenvalue weighted by Crippen LogP contribution is 2.31. The van der Waals surface area contributed by atoms with Gasteiger partial charge in [0, 0.05) is 49.7 Å². The van der Waals surface area contributed by atoms with Gasteiger partial charge in [-0.2, -0.15) is 4.98 Å². The van der Waals surface area contributed by atoms with Gasteiger partial charge in [0.15, 0.2) is 5.58 Å². The van der Waals surface area contributed by atoms with Gasteiger partial charge in [-0.05, 0) is 62.9 Å². The summed E-state index contributed by atoms with van der Waals surface area (Å²) in [6, 6.07) is 10.0. The Morgan fingerprint density at radius 2 is 1.94 bits per heavy atom. The van der Waals surface area contributed by atoms with Crippen molar-refractivity contribution in [3.63, 3.8) is 0 Å². The molecule has 3 N–H and O–H groups in total. The van der Waals surface area contributed by atoms with Crippen molar-refractivity contribution in [3.05, 3.63) is 58.8 Å². The highest BCUT2D eigenvalue weighted by molar-refractivity contribution is 5.78. The summed E-state index contributed by atoms with van der Waals surface area (Å²) in [5.74, 6) is 2.58. The molecule has 3 aromatic heterocycles. The number of rotatable bonds is 7. The molecule has 1 aliphatic heterocycles. The van der Waals surface area contributed by atoms with Crippen LogP contribution in [0.3, 0.4) is 0 Å². The standard InChI is InChI=1S/C26H30N8O2/c1-16-12-28-25(32-24(16)29-19-5-7-22-21(11-19)31-26(35)36-22)30-20-6-8-23(27-13-20)34-10-9-33(17(2)14-34)15-18-3-4-18/h5-8,11-13,17-18H,3-4,9-10,14-15H2,1-2H3,(H,31,35)(H2,28,29,30,32)/t17-/m1/s1. The van der Waals surface area contributed by atoms with Gasteiger partial charge in [0.05, 0.1) is 17.4 Å². The molecule has 0 spiro atoms. The lowest BCUT2D eigenvalue weighted by Gasteiger charge is -2.40. The maximum Gasteiger partial charge on any atom is 0.417 e. The summed E-state index contributed by atoms with van der Waals surface area (Å²) >= 11 is 0. The Labute approximate surface area is 208 Å². The lowest BCUT2D eigenvalue weighted by molar-refractivity contribution is 0.181. The molecule has 1 aromatic carbocycles. The molecule has 36 heavy (non-hydrogen) atoms. The van der Waals surface area contributed by atoms with Gasteiger partial charge in [0.1, 0.15) is 11.6 Å². The van der Waals surface area contributed by atoms with Gasteiger partial charge in [0.25, 0.3) is 0 Å². The van der Waals surface area contributed by atoms with Gasteiger partial charge < -0.3 is 20.0 Å². The third-order valence-electron chi connectivity index (χ3n) is 6.94. The second-order valence-corrected chi connectivity index (χ2v) is 9.84. The number of oxazole rings is 1. The Kier molecular flexibility index (Phi) is 5.80. The Hall–Kier alpha value is -3.92. The predicted octanol–water partition coefficient (Wildman–Crippen LogP) is 4.02. The summed E-state index contributed by atoms with van der Waals surface area (Å²) in [5, 5.41) is 6.54. The third kappa shape index (κ3) is 4.90. The number of H-pyrrole nitrogens is 1. The van der Waals surface area contributed by atoms with Gasteiger partial charge in [-0.25, -0.2) is 14.8 Å². The summed E-state index contributed by atoms with van der Waals surface area (Å²) in [7, 11) is 0. The number of hydrogen-bond acceptors (Lipinski definition) is 9. The average Bonchev–Trinajstić information content (AvgIpc) is 3.61. The molecule has 4 heterocycles. The van der Waals surface area contributed by atoms with E-state index in [1.54, 1.807) is 12.3 Å². The minimum Gasteiger partial charge on any atom is -0.408 e. The molecular formula is C26H30N8O2. The van der Waals surface area contributed by atoms with Crippen molar-refractivity contribution < 1.29 is 4.42 Å². The number of pyridine rings is 1. The largest absolute Gasteiger partial charge is 0.417 e. The second kappa shape index (κ2) is 9.27. The molecule has 10 heteroatoms. The molecule has 0 unspecified atom stereocenters. The number of fused-ring (bicyclic) bond motifs is 1. The molecule has 4 aromatic rings. The van der Waals surface area contributed by atoms with Crippen LogP contribution in [0.2, 0.25) is 0 Å². The SMILES string of the molecule is Cc1cnc(Nc2ccc(N3CCN(CC4CC4)[C@H](C)C3)nc2)nc1Nc1ccc2oc(=O)[nH]c2c1. The van der Waals surface area contributed by atoms with Crippen molar-refractivity contribution in [1.82, 2.24) is 24.8 Å². The van der Waals surface area contributed by atoms with Crippen LogP contribution in [0.1, 0.15) is 25.3 Å². The fraction of sp³-hybridized carbons (Fsp3) is 0.385. The maximum atomic E-state index is 11.4. The minimum absolute atomic E-state index is 0.470. The zero-order chi connectivity index (χ0) is 24.6. The van der Waals surface area contributed by atoms with E-state index in [2.05, 4.69) is 48.4 Å². The maximum absolute atomic E-state index is 11.4. The number of piperazine rings is 1. The van der Waals surface area contributed by atoms with E-state index >= 15 is 0 Å². The van der Waals surface area contributed by atoms with Crippen LogP contribution in [0.15, 0.2) is 51.9 Å². The van der Waals surface area contributed by atoms with Crippen molar-refractivity contribution in [2.45, 2.75) is 32.7 Å². The molecular weight excluding hydrogens is 456 g/mol. The van der Waals surface area contributed by atoms with E-state index in [9.17, 15) is 4.79 Å². The number of hydrogen-bond donors (Lipinski definition) is 3. The van der Waals surface area contributed by atoms with E-state index in [0.717, 1.165) is 48.3 Å². The molecule has 6 rings (SSSR count). The molecule has 0 bridgehead atoms. The molecule has 1 atom stereocenters. The molecule has 0 amide bonds. The van der Waals surface area contributed by atoms with Crippen LogP contribution in [-0.2, 0) is 0 Å². The molecule has 1 saturated heterocycles. The van der Waals surface area contributed by atoms with Gasteiger partial charge in [-0.3, -0.25) is 9.88 Å². The first-order valence-corrected chi connectivity index (χ1v) is 12.5. The predicted molar refractivity (Wildman–Crippen MR) is 140 cm³/mol. The Morgan fingerprint density at radius 1 is 1.08 bits per heavy atom. The first kappa shape index (κ1) is 22.5. The van der Waals surface area contributed by atoms with Crippen LogP contribution in [0, 0.1) is 12.8 Å². The zero-order valence-electron chi connectivity index (χ0n) is 20.5. The van der Waals surface area contributed by atoms with Crippen LogP contribution in [0.25, 0.3) is 11.1 Å². The Bertz CT molecular complexity index is 1430. The quantitative estimate of drug-likeness (QED) is 0.356. The van der Waals surface area contributed by atoms with Crippen molar-refractivity contribution >= 4 is 40.1 Å². The number of nitrogens with zero attached hydrogens (tertiary/aromatic N) is 5. The Balaban J connectivity index is 1.11. The molecule has 186 valence electrons. The summed E-state index contributed by atoms with van der Waals surface area (Å²) in [6.45, 7) is 8.60. The van der Waals surface area contributed by atoms with E-state index in [1.165, 1.54) is 19.4 Å². The Morgan fingerprint density at radius 3 is 2.72 bits per heavy atom. The second-order valence-electron chi connectivity index (χ2n) is 9.84. The summed E-state index contributed by atoms with van der Waals surface area (Å²) in [6.07, 6.45) is 6.39. The first-order chi connectivity index (χ1) is 17.5. The lowest BCUT2D eigenvalue weighted by Crippen LogP contribution is -2.52. The molecule has 1 aliphatic carbocycles. The van der Waals surface area contributed by atoms with Crippen LogP contribution >= 0.6 is 0 Å². The highest BCUT2D eigenvalue weighted by atomic mass is 16.4. The molecule has 2 fully saturated rings. The molecule has 2 aliphatic rings. The van der Waals surface area contributed by atoms with Crippen molar-refractivity contribution in [2.24, 2.45) is 5.92 Å². The van der Waals surface area contributed by atoms with E-state index in [4.69, 9.17) is 9.40 Å². The number of anilines is 5. The van der Waals surface area contributed by atoms with Crippen LogP contribution in [0.5, 0.6) is 0 Å². The van der Waals surface area contributed by atoms with Crippen LogP contribution < -0.4 is 21.3 Å². The number of nitrogens with one attached hydrogen (secondary N) is 3. The van der Waals surface area contributed by atoms with Gasteiger partial charge in [-0.15, -0.1) is 0 Å². The van der Waals surface area contributed by atoms with Gasteiger partial charge in [-0.1, -0.05) is 0 Å². The van der Waals surface area contributed by atoms with E-state index in [0.29, 0.717) is 28.9 Å². The summed E-state index contributed by atoms with van der Waals surface area (Å²) in [5.41, 5.74) is 3.64. The average molecular weight is 487 g/mol. The smallest absolute Gasteiger partial charge is 0.408 e. The van der Waals surface area contributed by atoms with Crippen molar-refractivity contribution in [3.8, 4) is 0 Å². The summed E-state index contributed by atoms with van der Waals surface area (Å²) in [4.78, 5) is 32.8.